The van der Waals surface area contributed by atoms with Crippen LogP contribution in [0.5, 0.6) is 0 Å². The lowest BCUT2D eigenvalue weighted by Gasteiger charge is -2.10. The number of hydrogen-bond acceptors (Lipinski definition) is 3. The van der Waals surface area contributed by atoms with E-state index in [9.17, 15) is 4.79 Å². The predicted molar refractivity (Wildman–Crippen MR) is 64.8 cm³/mol. The smallest absolute Gasteiger partial charge is 0.220 e. The fourth-order valence-corrected chi connectivity index (χ4v) is 2.13. The molecular weight excluding hydrogens is 270 g/mol. The number of nitrogens with zero attached hydrogens (tertiary/aromatic N) is 1. The van der Waals surface area contributed by atoms with Crippen LogP contribution in [0.2, 0.25) is 0 Å². The third-order valence-electron chi connectivity index (χ3n) is 2.55. The SMILES string of the molecule is O=C1CCC(CNCc2cccc(Br)n2)N1. The minimum atomic E-state index is 0.160. The number of carbonyl (C=O) groups excluding carboxylic acids is 1. The molecule has 2 N–H and O–H groups in total. The van der Waals surface area contributed by atoms with E-state index in [0.29, 0.717) is 6.42 Å². The van der Waals surface area contributed by atoms with E-state index in [-0.39, 0.29) is 11.9 Å². The zero-order valence-electron chi connectivity index (χ0n) is 8.87. The van der Waals surface area contributed by atoms with Crippen molar-refractivity contribution in [1.82, 2.24) is 15.6 Å². The Morgan fingerprint density at radius 2 is 2.44 bits per heavy atom. The van der Waals surface area contributed by atoms with Gasteiger partial charge in [0.25, 0.3) is 0 Å². The molecule has 1 atom stereocenters. The number of rotatable bonds is 4. The summed E-state index contributed by atoms with van der Waals surface area (Å²) in [5.74, 6) is 0.160. The van der Waals surface area contributed by atoms with Crippen LogP contribution in [0.4, 0.5) is 0 Å². The number of carbonyl (C=O) groups is 1. The van der Waals surface area contributed by atoms with Gasteiger partial charge in [0.2, 0.25) is 5.91 Å². The highest BCUT2D eigenvalue weighted by Gasteiger charge is 2.19. The number of nitrogens with one attached hydrogen (secondary N) is 2. The molecule has 86 valence electrons. The average molecular weight is 284 g/mol. The molecular formula is C11H14BrN3O. The van der Waals surface area contributed by atoms with Gasteiger partial charge < -0.3 is 10.6 Å². The van der Waals surface area contributed by atoms with Crippen LogP contribution >= 0.6 is 15.9 Å². The van der Waals surface area contributed by atoms with Crippen LogP contribution in [0.15, 0.2) is 22.8 Å². The minimum Gasteiger partial charge on any atom is -0.352 e. The minimum absolute atomic E-state index is 0.160. The summed E-state index contributed by atoms with van der Waals surface area (Å²) in [6.45, 7) is 1.53. The van der Waals surface area contributed by atoms with Gasteiger partial charge in [-0.05, 0) is 34.5 Å². The van der Waals surface area contributed by atoms with E-state index >= 15 is 0 Å². The van der Waals surface area contributed by atoms with Crippen LogP contribution in [0.25, 0.3) is 0 Å². The summed E-state index contributed by atoms with van der Waals surface area (Å²) < 4.78 is 0.848. The summed E-state index contributed by atoms with van der Waals surface area (Å²) >= 11 is 3.33. The summed E-state index contributed by atoms with van der Waals surface area (Å²) in [7, 11) is 0. The molecule has 1 amide bonds. The molecule has 0 spiro atoms. The molecule has 1 aromatic heterocycles. The fraction of sp³-hybridized carbons (Fsp3) is 0.455. The van der Waals surface area contributed by atoms with Crippen LogP contribution in [-0.4, -0.2) is 23.5 Å². The lowest BCUT2D eigenvalue weighted by Crippen LogP contribution is -2.35. The summed E-state index contributed by atoms with van der Waals surface area (Å²) in [6, 6.07) is 6.12. The van der Waals surface area contributed by atoms with E-state index in [1.165, 1.54) is 0 Å². The van der Waals surface area contributed by atoms with Gasteiger partial charge in [-0.3, -0.25) is 4.79 Å². The molecule has 2 rings (SSSR count). The third-order valence-corrected chi connectivity index (χ3v) is 3.00. The maximum absolute atomic E-state index is 11.0. The second kappa shape index (κ2) is 5.41. The first kappa shape index (κ1) is 11.5. The van der Waals surface area contributed by atoms with Crippen molar-refractivity contribution in [2.75, 3.05) is 6.54 Å². The number of amides is 1. The highest BCUT2D eigenvalue weighted by molar-refractivity contribution is 9.10. The Morgan fingerprint density at radius 3 is 3.12 bits per heavy atom. The average Bonchev–Trinajstić information content (AvgIpc) is 2.64. The molecule has 1 saturated heterocycles. The molecule has 5 heteroatoms. The van der Waals surface area contributed by atoms with E-state index in [4.69, 9.17) is 0 Å². The molecule has 1 aliphatic heterocycles. The lowest BCUT2D eigenvalue weighted by atomic mass is 10.2. The monoisotopic (exact) mass is 283 g/mol. The van der Waals surface area contributed by atoms with Crippen LogP contribution in [0.3, 0.4) is 0 Å². The number of hydrogen-bond donors (Lipinski definition) is 2. The topological polar surface area (TPSA) is 54.0 Å². The Labute approximate surface area is 103 Å². The van der Waals surface area contributed by atoms with Crippen molar-refractivity contribution in [1.29, 1.82) is 0 Å². The Kier molecular flexibility index (Phi) is 3.90. The number of pyridine rings is 1. The van der Waals surface area contributed by atoms with E-state index in [1.54, 1.807) is 0 Å². The van der Waals surface area contributed by atoms with Crippen LogP contribution < -0.4 is 10.6 Å². The van der Waals surface area contributed by atoms with Gasteiger partial charge >= 0.3 is 0 Å². The van der Waals surface area contributed by atoms with Gasteiger partial charge in [0.1, 0.15) is 4.60 Å². The standard InChI is InChI=1S/C11H14BrN3O/c12-10-3-1-2-8(14-10)6-13-7-9-4-5-11(16)15-9/h1-3,9,13H,4-7H2,(H,15,16). The molecule has 4 nitrogen and oxygen atoms in total. The van der Waals surface area contributed by atoms with E-state index < -0.39 is 0 Å². The Bertz CT molecular complexity index is 383. The van der Waals surface area contributed by atoms with Gasteiger partial charge in [-0.15, -0.1) is 0 Å². The summed E-state index contributed by atoms with van der Waals surface area (Å²) in [4.78, 5) is 15.3. The second-order valence-corrected chi connectivity index (χ2v) is 4.70. The van der Waals surface area contributed by atoms with Gasteiger partial charge in [0.15, 0.2) is 0 Å². The molecule has 0 radical (unpaired) electrons. The molecule has 0 aliphatic carbocycles. The number of aromatic nitrogens is 1. The number of halogens is 1. The van der Waals surface area contributed by atoms with Crippen molar-refractivity contribution in [3.63, 3.8) is 0 Å². The van der Waals surface area contributed by atoms with Gasteiger partial charge in [-0.2, -0.15) is 0 Å². The summed E-state index contributed by atoms with van der Waals surface area (Å²) in [5.41, 5.74) is 0.999. The molecule has 1 aliphatic rings. The molecule has 1 fully saturated rings. The first-order chi connectivity index (χ1) is 7.74. The van der Waals surface area contributed by atoms with E-state index in [0.717, 1.165) is 29.8 Å². The lowest BCUT2D eigenvalue weighted by molar-refractivity contribution is -0.119. The highest BCUT2D eigenvalue weighted by Crippen LogP contribution is 2.07. The maximum Gasteiger partial charge on any atom is 0.220 e. The fourth-order valence-electron chi connectivity index (χ4n) is 1.75. The highest BCUT2D eigenvalue weighted by atomic mass is 79.9. The predicted octanol–water partition coefficient (Wildman–Crippen LogP) is 1.21. The van der Waals surface area contributed by atoms with Crippen molar-refractivity contribution < 1.29 is 4.79 Å². The van der Waals surface area contributed by atoms with Crippen LogP contribution in [0, 0.1) is 0 Å². The van der Waals surface area contributed by atoms with Gasteiger partial charge in [-0.1, -0.05) is 6.07 Å². The molecule has 16 heavy (non-hydrogen) atoms. The molecule has 1 aromatic rings. The van der Waals surface area contributed by atoms with Gasteiger partial charge in [0, 0.05) is 25.6 Å². The zero-order valence-corrected chi connectivity index (χ0v) is 10.5. The normalized spacial score (nSPS) is 19.8. The van der Waals surface area contributed by atoms with Crippen LogP contribution in [0.1, 0.15) is 18.5 Å². The molecule has 2 heterocycles. The van der Waals surface area contributed by atoms with Crippen molar-refractivity contribution in [2.24, 2.45) is 0 Å². The van der Waals surface area contributed by atoms with Crippen molar-refractivity contribution in [2.45, 2.75) is 25.4 Å². The Morgan fingerprint density at radius 1 is 1.56 bits per heavy atom. The van der Waals surface area contributed by atoms with Gasteiger partial charge in [0.05, 0.1) is 5.69 Å². The second-order valence-electron chi connectivity index (χ2n) is 3.89. The summed E-state index contributed by atoms with van der Waals surface area (Å²) in [5, 5.41) is 6.21. The zero-order chi connectivity index (χ0) is 11.4. The quantitative estimate of drug-likeness (QED) is 0.817. The molecule has 1 unspecified atom stereocenters. The first-order valence-corrected chi connectivity index (χ1v) is 6.15. The van der Waals surface area contributed by atoms with E-state index in [2.05, 4.69) is 31.5 Å². The molecule has 0 saturated carbocycles. The van der Waals surface area contributed by atoms with Crippen molar-refractivity contribution >= 4 is 21.8 Å². The van der Waals surface area contributed by atoms with Crippen LogP contribution in [-0.2, 0) is 11.3 Å². The van der Waals surface area contributed by atoms with Crippen molar-refractivity contribution in [3.8, 4) is 0 Å². The third kappa shape index (κ3) is 3.28. The largest absolute Gasteiger partial charge is 0.352 e. The first-order valence-electron chi connectivity index (χ1n) is 5.35. The molecule has 0 aromatic carbocycles. The van der Waals surface area contributed by atoms with Gasteiger partial charge in [-0.25, -0.2) is 4.98 Å². The maximum atomic E-state index is 11.0. The Balaban J connectivity index is 1.74. The van der Waals surface area contributed by atoms with Crippen molar-refractivity contribution in [3.05, 3.63) is 28.5 Å². The van der Waals surface area contributed by atoms with E-state index in [1.807, 2.05) is 18.2 Å². The Hall–Kier alpha value is -0.940. The summed E-state index contributed by atoms with van der Waals surface area (Å²) in [6.07, 6.45) is 1.58. The molecule has 0 bridgehead atoms.